The number of nitrogens with zero attached hydrogens (tertiary/aromatic N) is 2. The highest BCUT2D eigenvalue weighted by atomic mass is 16.7. The number of likely N-dealkylation sites (N-methyl/N-ethyl adjacent to an activating group) is 2. The second-order valence-corrected chi connectivity index (χ2v) is 21.9. The van der Waals surface area contributed by atoms with Gasteiger partial charge in [-0.05, 0) is 116 Å². The summed E-state index contributed by atoms with van der Waals surface area (Å²) in [7, 11) is 3.01. The summed E-state index contributed by atoms with van der Waals surface area (Å²) in [4.78, 5) is 68.9. The lowest BCUT2D eigenvalue weighted by molar-refractivity contribution is -0.311. The van der Waals surface area contributed by atoms with E-state index in [0.29, 0.717) is 5.76 Å². The first kappa shape index (κ1) is 55.4. The first-order valence-electron chi connectivity index (χ1n) is 22.5. The van der Waals surface area contributed by atoms with Gasteiger partial charge in [0, 0.05) is 7.05 Å². The van der Waals surface area contributed by atoms with Crippen LogP contribution in [0.5, 0.6) is 0 Å². The van der Waals surface area contributed by atoms with Gasteiger partial charge < -0.3 is 89.4 Å². The number of ether oxygens (including phenoxy) is 8. The predicted molar refractivity (Wildman–Crippen MR) is 237 cm³/mol. The van der Waals surface area contributed by atoms with E-state index in [4.69, 9.17) is 37.9 Å². The first-order valence-corrected chi connectivity index (χ1v) is 22.5. The molecule has 2 saturated heterocycles. The molecule has 67 heavy (non-hydrogen) atoms. The molecule has 1 saturated carbocycles. The number of aliphatic hydroxyl groups excluding tert-OH is 2. The fourth-order valence-corrected chi connectivity index (χ4v) is 7.90. The van der Waals surface area contributed by atoms with Crippen LogP contribution in [0, 0.1) is 0 Å². The number of carbonyl (C=O) groups excluding carboxylic acids is 5. The van der Waals surface area contributed by atoms with E-state index in [9.17, 15) is 44.4 Å². The molecule has 0 aromatic heterocycles. The minimum Gasteiger partial charge on any atom is -0.466 e. The third-order valence-electron chi connectivity index (χ3n) is 10.7. The zero-order valence-corrected chi connectivity index (χ0v) is 41.6. The number of likely N-dealkylation sites (tertiary alicyclic amines) is 1. The molecule has 11 atom stereocenters. The minimum atomic E-state index is -2.14. The Balaban J connectivity index is 1.76. The van der Waals surface area contributed by atoms with Crippen LogP contribution in [0.4, 0.5) is 19.2 Å². The summed E-state index contributed by atoms with van der Waals surface area (Å²) in [5.41, 5.74) is -7.65. The molecular formula is C44H76N6O17. The number of carbonyl (C=O) groups is 5. The number of amides is 5. The Labute approximate surface area is 392 Å². The Morgan fingerprint density at radius 2 is 1.24 bits per heavy atom. The van der Waals surface area contributed by atoms with Crippen molar-refractivity contribution in [2.45, 2.75) is 198 Å². The van der Waals surface area contributed by atoms with Crippen molar-refractivity contribution in [3.63, 3.8) is 0 Å². The summed E-state index contributed by atoms with van der Waals surface area (Å²) < 4.78 is 47.0. The topological polar surface area (TPSA) is 295 Å². The number of alkyl carbamates (subject to hydrolysis) is 2. The number of β-amino-alcohol motifs (C(OH)–C–C–N with tert-alkyl or cyclic N) is 1. The van der Waals surface area contributed by atoms with Crippen molar-refractivity contribution in [3.05, 3.63) is 11.8 Å². The Morgan fingerprint density at radius 1 is 0.746 bits per heavy atom. The Morgan fingerprint density at radius 3 is 1.75 bits per heavy atom. The lowest BCUT2D eigenvalue weighted by Crippen LogP contribution is -2.74. The van der Waals surface area contributed by atoms with Crippen molar-refractivity contribution < 1.29 is 82.3 Å². The second-order valence-electron chi connectivity index (χ2n) is 21.9. The van der Waals surface area contributed by atoms with E-state index in [2.05, 4.69) is 21.3 Å². The Hall–Kier alpha value is -4.23. The van der Waals surface area contributed by atoms with Crippen LogP contribution in [-0.2, 0) is 42.7 Å². The van der Waals surface area contributed by atoms with Crippen molar-refractivity contribution in [2.75, 3.05) is 40.3 Å². The molecule has 8 N–H and O–H groups in total. The average molecular weight is 961 g/mol. The van der Waals surface area contributed by atoms with Gasteiger partial charge in [-0.15, -0.1) is 0 Å². The van der Waals surface area contributed by atoms with Crippen molar-refractivity contribution in [3.8, 4) is 0 Å². The summed E-state index contributed by atoms with van der Waals surface area (Å²) in [6.45, 7) is 20.1. The summed E-state index contributed by atoms with van der Waals surface area (Å²) in [5.74, 6) is -0.558. The highest BCUT2D eigenvalue weighted by Crippen LogP contribution is 2.36. The van der Waals surface area contributed by atoms with Crippen LogP contribution in [-0.4, -0.2) is 196 Å². The van der Waals surface area contributed by atoms with Gasteiger partial charge in [0.15, 0.2) is 11.9 Å². The van der Waals surface area contributed by atoms with E-state index < -0.39 is 145 Å². The smallest absolute Gasteiger partial charge is 0.410 e. The lowest BCUT2D eigenvalue weighted by atomic mass is 9.82. The molecule has 4 aliphatic rings. The maximum Gasteiger partial charge on any atom is 0.410 e. The van der Waals surface area contributed by atoms with Gasteiger partial charge in [0.2, 0.25) is 6.29 Å². The fourth-order valence-electron chi connectivity index (χ4n) is 7.90. The van der Waals surface area contributed by atoms with Gasteiger partial charge in [-0.1, -0.05) is 0 Å². The molecule has 4 rings (SSSR count). The maximum absolute atomic E-state index is 14.1. The SMILES string of the molecule is CNCC1=CC[C@@H](NC(=O)OC(C)(C)C)[C@@H](O[C@H]2[C@H](O)[C@@H](O[C@H]3OC[C@](C)(O)[C@H](N(C)C(=O)OC(C)(C)C)[C@H]3O)[C@H](NC(=O)C3(O)CN(C(=O)OC(C)(C)C)C3)C[C@@H]2NC(=O)OC(C)(C)C)O1. The molecule has 1 aliphatic carbocycles. The molecule has 0 bridgehead atoms. The number of aliphatic hydroxyl groups is 4. The van der Waals surface area contributed by atoms with E-state index in [1.807, 2.05) is 0 Å². The quantitative estimate of drug-likeness (QED) is 0.136. The van der Waals surface area contributed by atoms with Crippen LogP contribution >= 0.6 is 0 Å². The van der Waals surface area contributed by atoms with Crippen LogP contribution in [0.25, 0.3) is 0 Å². The Bertz CT molecular complexity index is 1800. The van der Waals surface area contributed by atoms with Gasteiger partial charge in [0.05, 0.1) is 50.4 Å². The molecule has 0 spiro atoms. The third kappa shape index (κ3) is 15.4. The van der Waals surface area contributed by atoms with Gasteiger partial charge in [-0.3, -0.25) is 4.79 Å². The molecule has 384 valence electrons. The molecule has 0 aromatic rings. The van der Waals surface area contributed by atoms with Crippen LogP contribution in [0.3, 0.4) is 0 Å². The zero-order valence-electron chi connectivity index (χ0n) is 41.6. The number of rotatable bonds is 11. The van der Waals surface area contributed by atoms with Gasteiger partial charge in [-0.2, -0.15) is 0 Å². The summed E-state index contributed by atoms with van der Waals surface area (Å²) in [5, 5.41) is 58.6. The largest absolute Gasteiger partial charge is 0.466 e. The van der Waals surface area contributed by atoms with E-state index in [1.165, 1.54) is 14.0 Å². The van der Waals surface area contributed by atoms with Crippen LogP contribution < -0.4 is 21.3 Å². The van der Waals surface area contributed by atoms with Gasteiger partial charge in [0.1, 0.15) is 58.2 Å². The lowest BCUT2D eigenvalue weighted by Gasteiger charge is -2.51. The molecular weight excluding hydrogens is 885 g/mol. The highest BCUT2D eigenvalue weighted by Gasteiger charge is 2.57. The minimum absolute atomic E-state index is 0.181. The third-order valence-corrected chi connectivity index (χ3v) is 10.7. The van der Waals surface area contributed by atoms with Crippen molar-refractivity contribution in [1.29, 1.82) is 0 Å². The Kier molecular flexibility index (Phi) is 17.2. The molecule has 0 radical (unpaired) electrons. The van der Waals surface area contributed by atoms with Crippen molar-refractivity contribution in [1.82, 2.24) is 31.1 Å². The van der Waals surface area contributed by atoms with Crippen molar-refractivity contribution >= 4 is 30.3 Å². The van der Waals surface area contributed by atoms with E-state index in [-0.39, 0.29) is 19.4 Å². The molecule has 3 aliphatic heterocycles. The average Bonchev–Trinajstić information content (AvgIpc) is 3.12. The molecule has 0 aromatic carbocycles. The van der Waals surface area contributed by atoms with Gasteiger partial charge >= 0.3 is 24.4 Å². The standard InChI is InChI=1S/C44H76N6O17/c1-39(2,3)64-35(54)47-24-17-16-23(19-45-14)61-32(24)62-30-26(48-36(55)65-40(4,5)6)18-25(46-34(53)44(59)20-50(21-44)38(57)67-42(10,11)12)29(27(30)51)63-33-28(52)31(43(13,58)22-60-33)49(15)37(56)66-41(7,8)9/h16,24-33,45,51-52,58-59H,17-22H2,1-15H3,(H,46,53)(H,47,54)(H,48,55)/t24-,25-,26+,27-,28-,29+,30-,31-,32-,33-,43+/m1/s1. The van der Waals surface area contributed by atoms with Crippen molar-refractivity contribution in [2.24, 2.45) is 0 Å². The molecule has 5 amide bonds. The number of hydrogen-bond donors (Lipinski definition) is 8. The monoisotopic (exact) mass is 961 g/mol. The van der Waals surface area contributed by atoms with Gasteiger partial charge in [0.25, 0.3) is 5.91 Å². The molecule has 3 heterocycles. The van der Waals surface area contributed by atoms with Gasteiger partial charge in [-0.25, -0.2) is 19.2 Å². The number of hydrogen-bond acceptors (Lipinski definition) is 18. The van der Waals surface area contributed by atoms with E-state index in [1.54, 1.807) is 96.2 Å². The van der Waals surface area contributed by atoms with E-state index in [0.717, 1.165) is 9.80 Å². The fraction of sp³-hybridized carbons (Fsp3) is 0.841. The van der Waals surface area contributed by atoms with Crippen LogP contribution in [0.2, 0.25) is 0 Å². The first-order chi connectivity index (χ1) is 30.5. The number of nitrogens with one attached hydrogen (secondary N) is 4. The summed E-state index contributed by atoms with van der Waals surface area (Å²) >= 11 is 0. The van der Waals surface area contributed by atoms with E-state index >= 15 is 0 Å². The molecule has 23 nitrogen and oxygen atoms in total. The molecule has 0 unspecified atom stereocenters. The summed E-state index contributed by atoms with van der Waals surface area (Å²) in [6.07, 6.45) is -11.6. The molecule has 3 fully saturated rings. The van der Waals surface area contributed by atoms with Crippen LogP contribution in [0.15, 0.2) is 11.8 Å². The summed E-state index contributed by atoms with van der Waals surface area (Å²) in [6, 6.07) is -4.91. The second kappa shape index (κ2) is 20.8. The molecule has 23 heteroatoms. The predicted octanol–water partition coefficient (Wildman–Crippen LogP) is 1.33. The zero-order chi connectivity index (χ0) is 50.8. The van der Waals surface area contributed by atoms with Crippen LogP contribution in [0.1, 0.15) is 103 Å². The maximum atomic E-state index is 14.1. The normalized spacial score (nSPS) is 31.1. The highest BCUT2D eigenvalue weighted by molar-refractivity contribution is 5.89.